The van der Waals surface area contributed by atoms with Gasteiger partial charge in [-0.05, 0) is 30.2 Å². The van der Waals surface area contributed by atoms with Crippen molar-refractivity contribution < 1.29 is 28.3 Å². The molecule has 4 rings (SSSR count). The molecule has 2 aromatic rings. The minimum atomic E-state index is -1.32. The largest absolute Gasteiger partial charge is 0.465 e. The second-order valence-corrected chi connectivity index (χ2v) is 10.2. The van der Waals surface area contributed by atoms with E-state index in [0.29, 0.717) is 23.9 Å². The van der Waals surface area contributed by atoms with E-state index in [2.05, 4.69) is 10.1 Å². The molecule has 0 radical (unpaired) electrons. The molecule has 1 aromatic carbocycles. The number of oxime groups is 1. The van der Waals surface area contributed by atoms with Gasteiger partial charge in [0, 0.05) is 36.3 Å². The summed E-state index contributed by atoms with van der Waals surface area (Å²) in [5, 5.41) is 6.12. The van der Waals surface area contributed by atoms with E-state index < -0.39 is 29.9 Å². The smallest absolute Gasteiger partial charge is 0.306 e. The van der Waals surface area contributed by atoms with Crippen LogP contribution in [0.5, 0.6) is 0 Å². The van der Waals surface area contributed by atoms with Gasteiger partial charge in [-0.25, -0.2) is 4.39 Å². The predicted octanol–water partition coefficient (Wildman–Crippen LogP) is 4.99. The summed E-state index contributed by atoms with van der Waals surface area (Å²) in [6, 6.07) is 9.64. The van der Waals surface area contributed by atoms with Gasteiger partial charge in [-0.3, -0.25) is 19.4 Å². The Kier molecular flexibility index (Phi) is 8.11. The third kappa shape index (κ3) is 5.47. The van der Waals surface area contributed by atoms with Crippen molar-refractivity contribution >= 4 is 34.0 Å². The molecule has 192 valence electrons. The third-order valence-electron chi connectivity index (χ3n) is 7.49. The second kappa shape index (κ2) is 11.3. The van der Waals surface area contributed by atoms with Gasteiger partial charge in [0.2, 0.25) is 5.60 Å². The summed E-state index contributed by atoms with van der Waals surface area (Å²) in [4.78, 5) is 48.6. The monoisotopic (exact) mass is 496 g/mol. The van der Waals surface area contributed by atoms with Crippen LogP contribution in [-0.2, 0) is 24.0 Å². The Balaban J connectivity index is 1.47. The topological polar surface area (TPSA) is 94.9 Å². The van der Waals surface area contributed by atoms with Crippen LogP contribution >= 0.6 is 0 Å². The zero-order valence-electron chi connectivity index (χ0n) is 20.9. The van der Waals surface area contributed by atoms with Crippen LogP contribution in [0.25, 0.3) is 10.8 Å². The first-order chi connectivity index (χ1) is 17.3. The summed E-state index contributed by atoms with van der Waals surface area (Å²) in [5.74, 6) is -2.79. The predicted molar refractivity (Wildman–Crippen MR) is 133 cm³/mol. The first kappa shape index (κ1) is 25.9. The minimum Gasteiger partial charge on any atom is -0.465 e. The van der Waals surface area contributed by atoms with Crippen LogP contribution < -0.4 is 0 Å². The lowest BCUT2D eigenvalue weighted by Gasteiger charge is -2.30. The van der Waals surface area contributed by atoms with Crippen LogP contribution in [0.15, 0.2) is 41.7 Å². The lowest BCUT2D eigenvalue weighted by atomic mass is 9.77. The molecule has 2 aliphatic rings. The highest BCUT2D eigenvalue weighted by molar-refractivity contribution is 6.12. The van der Waals surface area contributed by atoms with Crippen molar-refractivity contribution in [1.29, 1.82) is 0 Å². The molecule has 1 aromatic heterocycles. The standard InChI is InChI=1S/C28H33FN2O5/c1-18(2)28(15-23(31-36-28)27-22-10-6-5-9-20(22)11-12-30-27)25(33)13-21(24(32)16-29)14-26(34)35-17-19-7-3-4-8-19/h5-6,9-12,18-19,21H,3-4,7-8,13-17H2,1-2H3/t21-,28+/m0/s1. The Morgan fingerprint density at radius 2 is 1.89 bits per heavy atom. The van der Waals surface area contributed by atoms with Gasteiger partial charge in [-0.2, -0.15) is 0 Å². The fourth-order valence-electron chi connectivity index (χ4n) is 5.16. The number of carbonyl (C=O) groups is 3. The van der Waals surface area contributed by atoms with Crippen molar-refractivity contribution in [1.82, 2.24) is 4.98 Å². The Hall–Kier alpha value is -3.16. The molecule has 2 atom stereocenters. The zero-order valence-corrected chi connectivity index (χ0v) is 20.9. The van der Waals surface area contributed by atoms with Gasteiger partial charge >= 0.3 is 5.97 Å². The van der Waals surface area contributed by atoms with Crippen molar-refractivity contribution in [3.8, 4) is 0 Å². The van der Waals surface area contributed by atoms with Gasteiger partial charge in [0.1, 0.15) is 12.4 Å². The molecule has 0 unspecified atom stereocenters. The van der Waals surface area contributed by atoms with Crippen LogP contribution in [0.3, 0.4) is 0 Å². The molecule has 0 amide bonds. The average Bonchev–Trinajstić information content (AvgIpc) is 3.57. The van der Waals surface area contributed by atoms with E-state index in [1.165, 1.54) is 0 Å². The van der Waals surface area contributed by atoms with Crippen molar-refractivity contribution in [2.45, 2.75) is 64.4 Å². The molecular weight excluding hydrogens is 463 g/mol. The molecule has 0 N–H and O–H groups in total. The van der Waals surface area contributed by atoms with Gasteiger partial charge in [0.25, 0.3) is 0 Å². The number of carbonyl (C=O) groups excluding carboxylic acids is 3. The van der Waals surface area contributed by atoms with Crippen LogP contribution in [0.1, 0.15) is 64.5 Å². The summed E-state index contributed by atoms with van der Waals surface area (Å²) in [5.41, 5.74) is -0.148. The fraction of sp³-hybridized carbons (Fsp3) is 0.536. The Morgan fingerprint density at radius 1 is 1.14 bits per heavy atom. The van der Waals surface area contributed by atoms with Crippen LogP contribution in [0.4, 0.5) is 4.39 Å². The van der Waals surface area contributed by atoms with Gasteiger partial charge in [-0.15, -0.1) is 0 Å². The molecule has 0 bridgehead atoms. The van der Waals surface area contributed by atoms with Gasteiger partial charge in [-0.1, -0.05) is 56.1 Å². The number of pyridine rings is 1. The Bertz CT molecular complexity index is 1150. The first-order valence-corrected chi connectivity index (χ1v) is 12.7. The van der Waals surface area contributed by atoms with E-state index in [0.717, 1.165) is 36.5 Å². The van der Waals surface area contributed by atoms with Crippen LogP contribution in [-0.4, -0.2) is 47.1 Å². The molecular formula is C28H33FN2O5. The molecule has 8 heteroatoms. The third-order valence-corrected chi connectivity index (χ3v) is 7.49. The highest BCUT2D eigenvalue weighted by Gasteiger charge is 2.50. The number of ether oxygens (including phenoxy) is 1. The number of halogens is 1. The Labute approximate surface area is 210 Å². The second-order valence-electron chi connectivity index (χ2n) is 10.2. The average molecular weight is 497 g/mol. The molecule has 2 heterocycles. The molecule has 0 saturated heterocycles. The summed E-state index contributed by atoms with van der Waals surface area (Å²) in [7, 11) is 0. The summed E-state index contributed by atoms with van der Waals surface area (Å²) in [6.07, 6.45) is 5.49. The minimum absolute atomic E-state index is 0.174. The Morgan fingerprint density at radius 3 is 2.61 bits per heavy atom. The summed E-state index contributed by atoms with van der Waals surface area (Å²) < 4.78 is 18.7. The quantitative estimate of drug-likeness (QED) is 0.407. The van der Waals surface area contributed by atoms with E-state index >= 15 is 0 Å². The van der Waals surface area contributed by atoms with Crippen molar-refractivity contribution in [2.24, 2.45) is 22.9 Å². The lowest BCUT2D eigenvalue weighted by Crippen LogP contribution is -2.45. The number of Topliss-reactive ketones (excluding diaryl/α,β-unsaturated/α-hetero) is 2. The van der Waals surface area contributed by atoms with E-state index in [1.807, 2.05) is 44.2 Å². The maximum atomic E-state index is 13.6. The van der Waals surface area contributed by atoms with Gasteiger partial charge in [0.15, 0.2) is 11.6 Å². The maximum Gasteiger partial charge on any atom is 0.306 e. The number of nitrogens with zero attached hydrogens (tertiary/aromatic N) is 2. The first-order valence-electron chi connectivity index (χ1n) is 12.7. The normalized spacial score (nSPS) is 20.8. The number of benzene rings is 1. The summed E-state index contributed by atoms with van der Waals surface area (Å²) in [6.45, 7) is 2.74. The van der Waals surface area contributed by atoms with Crippen molar-refractivity contribution in [3.63, 3.8) is 0 Å². The number of hydrogen-bond donors (Lipinski definition) is 0. The van der Waals surface area contributed by atoms with Gasteiger partial charge in [0.05, 0.1) is 18.7 Å². The molecule has 7 nitrogen and oxygen atoms in total. The number of aromatic nitrogens is 1. The number of esters is 1. The molecule has 1 saturated carbocycles. The number of ketones is 2. The number of rotatable bonds is 11. The molecule has 1 aliphatic carbocycles. The van der Waals surface area contributed by atoms with E-state index in [-0.39, 0.29) is 31.0 Å². The zero-order chi connectivity index (χ0) is 25.7. The van der Waals surface area contributed by atoms with E-state index in [4.69, 9.17) is 9.57 Å². The van der Waals surface area contributed by atoms with Crippen LogP contribution in [0, 0.1) is 17.8 Å². The van der Waals surface area contributed by atoms with E-state index in [9.17, 15) is 18.8 Å². The number of alkyl halides is 1. The molecule has 0 spiro atoms. The van der Waals surface area contributed by atoms with Crippen LogP contribution in [0.2, 0.25) is 0 Å². The highest BCUT2D eigenvalue weighted by Crippen LogP contribution is 2.37. The highest BCUT2D eigenvalue weighted by atomic mass is 19.1. The molecule has 36 heavy (non-hydrogen) atoms. The van der Waals surface area contributed by atoms with Crippen molar-refractivity contribution in [2.75, 3.05) is 13.3 Å². The fourth-order valence-corrected chi connectivity index (χ4v) is 5.16. The molecule has 1 aliphatic heterocycles. The van der Waals surface area contributed by atoms with E-state index in [1.54, 1.807) is 6.20 Å². The number of hydrogen-bond acceptors (Lipinski definition) is 7. The maximum absolute atomic E-state index is 13.6. The van der Waals surface area contributed by atoms with Crippen molar-refractivity contribution in [3.05, 3.63) is 42.2 Å². The SMILES string of the molecule is CC(C)[C@@]1(C(=O)C[C@@H](CC(=O)OCC2CCCC2)C(=O)CF)CC(c2nccc3ccccc23)=NO1. The summed E-state index contributed by atoms with van der Waals surface area (Å²) >= 11 is 0. The number of fused-ring (bicyclic) bond motifs is 1. The van der Waals surface area contributed by atoms with Gasteiger partial charge < -0.3 is 9.57 Å². The lowest BCUT2D eigenvalue weighted by molar-refractivity contribution is -0.152. The molecule has 1 fully saturated rings.